The summed E-state index contributed by atoms with van der Waals surface area (Å²) in [5, 5.41) is 7.91. The number of esters is 2. The lowest BCUT2D eigenvalue weighted by Crippen LogP contribution is -2.52. The third kappa shape index (κ3) is 10.1. The van der Waals surface area contributed by atoms with E-state index < -0.39 is 47.5 Å². The molecule has 3 rings (SSSR count). The molecule has 0 aliphatic heterocycles. The topological polar surface area (TPSA) is 149 Å². The fraction of sp³-hybridized carbons (Fsp3) is 0.406. The number of amides is 3. The fourth-order valence-electron chi connectivity index (χ4n) is 4.57. The van der Waals surface area contributed by atoms with Gasteiger partial charge in [0.2, 0.25) is 11.8 Å². The molecule has 1 aliphatic rings. The highest BCUT2D eigenvalue weighted by Gasteiger charge is 2.29. The lowest BCUT2D eigenvalue weighted by Gasteiger charge is -2.28. The van der Waals surface area contributed by atoms with E-state index in [0.29, 0.717) is 12.0 Å². The van der Waals surface area contributed by atoms with Crippen molar-refractivity contribution in [3.8, 4) is 11.5 Å². The van der Waals surface area contributed by atoms with E-state index in [0.717, 1.165) is 16.7 Å². The van der Waals surface area contributed by atoms with Crippen molar-refractivity contribution in [1.82, 2.24) is 16.0 Å². The number of alkyl carbamates (subject to hydrolysis) is 1. The van der Waals surface area contributed by atoms with Gasteiger partial charge in [0.25, 0.3) is 0 Å². The van der Waals surface area contributed by atoms with Crippen LogP contribution in [0.3, 0.4) is 0 Å². The predicted octanol–water partition coefficient (Wildman–Crippen LogP) is 4.22. The number of carbonyl (C=O) groups is 5. The van der Waals surface area contributed by atoms with Gasteiger partial charge in [0.1, 0.15) is 17.7 Å². The second-order valence-electron chi connectivity index (χ2n) is 11.3. The van der Waals surface area contributed by atoms with Crippen molar-refractivity contribution < 1.29 is 38.2 Å². The third-order valence-electron chi connectivity index (χ3n) is 6.46. The zero-order chi connectivity index (χ0) is 31.9. The smallest absolute Gasteiger partial charge is 0.408 e. The van der Waals surface area contributed by atoms with Crippen LogP contribution in [-0.2, 0) is 30.3 Å². The van der Waals surface area contributed by atoms with Crippen molar-refractivity contribution in [2.45, 2.75) is 78.5 Å². The summed E-state index contributed by atoms with van der Waals surface area (Å²) < 4.78 is 16.1. The van der Waals surface area contributed by atoms with Crippen LogP contribution in [0.1, 0.15) is 71.1 Å². The van der Waals surface area contributed by atoms with Crippen molar-refractivity contribution >= 4 is 47.8 Å². The summed E-state index contributed by atoms with van der Waals surface area (Å²) in [5.41, 5.74) is 2.44. The van der Waals surface area contributed by atoms with Crippen LogP contribution in [0.4, 0.5) is 4.79 Å². The molecule has 3 atom stereocenters. The van der Waals surface area contributed by atoms with E-state index in [4.69, 9.17) is 14.2 Å². The Kier molecular flexibility index (Phi) is 12.5. The molecule has 2 aromatic carbocycles. The first-order chi connectivity index (χ1) is 20.1. The summed E-state index contributed by atoms with van der Waals surface area (Å²) in [5.74, 6) is -1.96. The van der Waals surface area contributed by atoms with Crippen LogP contribution in [0, 0.1) is 0 Å². The van der Waals surface area contributed by atoms with Gasteiger partial charge < -0.3 is 30.2 Å². The Morgan fingerprint density at radius 2 is 1.48 bits per heavy atom. The molecule has 44 heavy (non-hydrogen) atoms. The van der Waals surface area contributed by atoms with Crippen LogP contribution in [0.25, 0.3) is 5.57 Å². The number of ether oxygens (including phenoxy) is 3. The number of hydrogen-bond donors (Lipinski definition) is 3. The molecule has 238 valence electrons. The van der Waals surface area contributed by atoms with E-state index in [1.807, 2.05) is 36.4 Å². The van der Waals surface area contributed by atoms with Crippen molar-refractivity contribution in [3.05, 3.63) is 65.2 Å². The van der Waals surface area contributed by atoms with Gasteiger partial charge in [0.15, 0.2) is 11.5 Å². The van der Waals surface area contributed by atoms with Crippen molar-refractivity contribution in [2.24, 2.45) is 0 Å². The largest absolute Gasteiger partial charge is 0.444 e. The van der Waals surface area contributed by atoms with E-state index >= 15 is 0 Å². The summed E-state index contributed by atoms with van der Waals surface area (Å²) in [4.78, 5) is 61.4. The Bertz CT molecular complexity index is 1420. The Morgan fingerprint density at radius 3 is 2.07 bits per heavy atom. The normalized spacial score (nSPS) is 15.2. The van der Waals surface area contributed by atoms with Gasteiger partial charge in [-0.15, -0.1) is 12.4 Å². The summed E-state index contributed by atoms with van der Waals surface area (Å²) in [6.07, 6.45) is 1.76. The Balaban J connectivity index is 0.00000675. The second-order valence-corrected chi connectivity index (χ2v) is 11.3. The van der Waals surface area contributed by atoms with E-state index in [9.17, 15) is 24.0 Å². The molecule has 11 nitrogen and oxygen atoms in total. The molecule has 2 aromatic rings. The first kappa shape index (κ1) is 35.8. The standard InChI is InChI=1S/C32H39N3O8.ClH/c1-18(34-30(39)19(2)35-31(40)43-32(5,6)7)29(38)33-17-24-15-23(22-11-9-8-10-12-22)16-26-25(24)13-14-27(41-20(3)36)28(26)42-21(4)37;/h8-15,18-19,23H,16-17H2,1-7H3,(H,33,38)(H,34,39)(H,35,40);1H. The predicted molar refractivity (Wildman–Crippen MR) is 167 cm³/mol. The van der Waals surface area contributed by atoms with E-state index in [2.05, 4.69) is 16.0 Å². The maximum absolute atomic E-state index is 13.0. The van der Waals surface area contributed by atoms with Crippen molar-refractivity contribution in [1.29, 1.82) is 0 Å². The highest BCUT2D eigenvalue weighted by molar-refractivity contribution is 5.91. The van der Waals surface area contributed by atoms with Crippen LogP contribution in [0.5, 0.6) is 11.5 Å². The van der Waals surface area contributed by atoms with Gasteiger partial charge in [-0.25, -0.2) is 4.79 Å². The van der Waals surface area contributed by atoms with Crippen LogP contribution in [0.2, 0.25) is 0 Å². The fourth-order valence-corrected chi connectivity index (χ4v) is 4.57. The molecule has 0 radical (unpaired) electrons. The van der Waals surface area contributed by atoms with Crippen LogP contribution < -0.4 is 25.4 Å². The van der Waals surface area contributed by atoms with Gasteiger partial charge in [-0.1, -0.05) is 42.5 Å². The number of hydrogen-bond acceptors (Lipinski definition) is 8. The average molecular weight is 630 g/mol. The summed E-state index contributed by atoms with van der Waals surface area (Å²) in [6, 6.07) is 11.2. The SMILES string of the molecule is CC(=O)Oc1ccc2c(c1OC(C)=O)CC(c1ccccc1)C=C2CNC(=O)C(C)NC(=O)C(C)NC(=O)OC(C)(C)C.Cl. The quantitative estimate of drug-likeness (QED) is 0.276. The van der Waals surface area contributed by atoms with Gasteiger partial charge in [0, 0.05) is 31.9 Å². The summed E-state index contributed by atoms with van der Waals surface area (Å²) >= 11 is 0. The van der Waals surface area contributed by atoms with Gasteiger partial charge >= 0.3 is 18.0 Å². The minimum Gasteiger partial charge on any atom is -0.444 e. The molecule has 3 unspecified atom stereocenters. The molecule has 0 fully saturated rings. The number of rotatable bonds is 9. The number of nitrogens with one attached hydrogen (secondary N) is 3. The molecule has 0 saturated carbocycles. The molecule has 3 N–H and O–H groups in total. The number of halogens is 1. The Hall–Kier alpha value is -4.38. The van der Waals surface area contributed by atoms with Gasteiger partial charge in [-0.05, 0) is 63.8 Å². The number of benzene rings is 2. The number of allylic oxidation sites excluding steroid dienone is 1. The highest BCUT2D eigenvalue weighted by atomic mass is 35.5. The number of fused-ring (bicyclic) bond motifs is 1. The molecule has 0 bridgehead atoms. The Morgan fingerprint density at radius 1 is 0.864 bits per heavy atom. The lowest BCUT2D eigenvalue weighted by atomic mass is 9.80. The first-order valence-corrected chi connectivity index (χ1v) is 14.0. The molecular formula is C32H40ClN3O8. The van der Waals surface area contributed by atoms with Crippen molar-refractivity contribution in [3.63, 3.8) is 0 Å². The maximum Gasteiger partial charge on any atom is 0.408 e. The van der Waals surface area contributed by atoms with E-state index in [1.54, 1.807) is 32.9 Å². The monoisotopic (exact) mass is 629 g/mol. The van der Waals surface area contributed by atoms with Crippen LogP contribution >= 0.6 is 12.4 Å². The first-order valence-electron chi connectivity index (χ1n) is 14.0. The number of carbonyl (C=O) groups excluding carboxylic acids is 5. The molecule has 0 aromatic heterocycles. The highest BCUT2D eigenvalue weighted by Crippen LogP contribution is 2.43. The third-order valence-corrected chi connectivity index (χ3v) is 6.46. The molecule has 3 amide bonds. The molecular weight excluding hydrogens is 590 g/mol. The summed E-state index contributed by atoms with van der Waals surface area (Å²) in [6.45, 7) is 10.8. The summed E-state index contributed by atoms with van der Waals surface area (Å²) in [7, 11) is 0. The zero-order valence-corrected chi connectivity index (χ0v) is 26.8. The van der Waals surface area contributed by atoms with Crippen LogP contribution in [-0.4, -0.2) is 54.1 Å². The molecule has 0 saturated heterocycles. The minimum atomic E-state index is -0.934. The maximum atomic E-state index is 13.0. The lowest BCUT2D eigenvalue weighted by molar-refractivity contribution is -0.134. The van der Waals surface area contributed by atoms with Crippen molar-refractivity contribution in [2.75, 3.05) is 6.54 Å². The molecule has 0 spiro atoms. The minimum absolute atomic E-state index is 0. The van der Waals surface area contributed by atoms with E-state index in [-0.39, 0.29) is 36.4 Å². The second kappa shape index (κ2) is 15.4. The Labute approximate surface area is 263 Å². The van der Waals surface area contributed by atoms with Gasteiger partial charge in [-0.3, -0.25) is 19.2 Å². The average Bonchev–Trinajstić information content (AvgIpc) is 2.91. The van der Waals surface area contributed by atoms with Gasteiger partial charge in [-0.2, -0.15) is 0 Å². The van der Waals surface area contributed by atoms with Crippen LogP contribution in [0.15, 0.2) is 48.5 Å². The van der Waals surface area contributed by atoms with E-state index in [1.165, 1.54) is 27.7 Å². The molecule has 1 aliphatic carbocycles. The van der Waals surface area contributed by atoms with Gasteiger partial charge in [0.05, 0.1) is 0 Å². The molecule has 12 heteroatoms. The molecule has 0 heterocycles. The zero-order valence-electron chi connectivity index (χ0n) is 25.9.